The van der Waals surface area contributed by atoms with Gasteiger partial charge in [0.1, 0.15) is 11.0 Å². The molecule has 0 aliphatic rings. The molecule has 0 aliphatic heterocycles. The number of halogens is 4. The van der Waals surface area contributed by atoms with Gasteiger partial charge in [-0.3, -0.25) is 0 Å². The third kappa shape index (κ3) is 3.30. The Balaban J connectivity index is 2.27. The third-order valence-electron chi connectivity index (χ3n) is 2.62. The number of anilines is 1. The molecule has 100 valence electrons. The highest BCUT2D eigenvalue weighted by atomic mass is 35.5. The molecule has 0 radical (unpaired) electrons. The molecule has 1 aromatic carbocycles. The standard InChI is InChI=1S/C13H10Cl3FN2/c1-7(19-8-2-5-11(15)18-6-8)12-9(14)3-4-10(17)13(12)16/h2-7,19H,1H3. The number of hydrogen-bond acceptors (Lipinski definition) is 2. The largest absolute Gasteiger partial charge is 0.377 e. The Morgan fingerprint density at radius 3 is 2.53 bits per heavy atom. The van der Waals surface area contributed by atoms with Crippen LogP contribution in [0.1, 0.15) is 18.5 Å². The molecule has 1 heterocycles. The van der Waals surface area contributed by atoms with E-state index < -0.39 is 5.82 Å². The maximum absolute atomic E-state index is 13.5. The van der Waals surface area contributed by atoms with Crippen LogP contribution in [0.4, 0.5) is 10.1 Å². The molecule has 2 nitrogen and oxygen atoms in total. The zero-order chi connectivity index (χ0) is 14.0. The lowest BCUT2D eigenvalue weighted by molar-refractivity contribution is 0.624. The normalized spacial score (nSPS) is 12.3. The minimum absolute atomic E-state index is 0.0226. The second-order valence-corrected chi connectivity index (χ2v) is 5.16. The van der Waals surface area contributed by atoms with Gasteiger partial charge in [-0.05, 0) is 31.2 Å². The van der Waals surface area contributed by atoms with Crippen LogP contribution in [0, 0.1) is 5.82 Å². The van der Waals surface area contributed by atoms with Gasteiger partial charge in [-0.15, -0.1) is 0 Å². The lowest BCUT2D eigenvalue weighted by Gasteiger charge is -2.18. The van der Waals surface area contributed by atoms with Gasteiger partial charge in [-0.25, -0.2) is 9.37 Å². The van der Waals surface area contributed by atoms with Crippen molar-refractivity contribution in [2.45, 2.75) is 13.0 Å². The summed E-state index contributed by atoms with van der Waals surface area (Å²) in [7, 11) is 0. The number of hydrogen-bond donors (Lipinski definition) is 1. The van der Waals surface area contributed by atoms with Crippen molar-refractivity contribution in [3.05, 3.63) is 57.0 Å². The van der Waals surface area contributed by atoms with Crippen LogP contribution in [0.3, 0.4) is 0 Å². The van der Waals surface area contributed by atoms with E-state index in [1.165, 1.54) is 12.1 Å². The van der Waals surface area contributed by atoms with E-state index in [1.807, 2.05) is 6.92 Å². The fourth-order valence-corrected chi connectivity index (χ4v) is 2.53. The van der Waals surface area contributed by atoms with Crippen molar-refractivity contribution in [2.24, 2.45) is 0 Å². The van der Waals surface area contributed by atoms with E-state index in [0.29, 0.717) is 15.7 Å². The molecule has 19 heavy (non-hydrogen) atoms. The molecule has 1 atom stereocenters. The van der Waals surface area contributed by atoms with Crippen LogP contribution in [0.15, 0.2) is 30.5 Å². The molecular formula is C13H10Cl3FN2. The number of nitrogens with one attached hydrogen (secondary N) is 1. The molecule has 1 aromatic heterocycles. The smallest absolute Gasteiger partial charge is 0.142 e. The van der Waals surface area contributed by atoms with Crippen molar-refractivity contribution in [3.8, 4) is 0 Å². The van der Waals surface area contributed by atoms with Gasteiger partial charge in [-0.2, -0.15) is 0 Å². The first-order chi connectivity index (χ1) is 8.99. The number of pyridine rings is 1. The Bertz CT molecular complexity index is 587. The number of aromatic nitrogens is 1. The Kier molecular flexibility index (Phi) is 4.50. The quantitative estimate of drug-likeness (QED) is 0.609. The molecule has 0 aliphatic carbocycles. The van der Waals surface area contributed by atoms with Crippen LogP contribution < -0.4 is 5.32 Å². The maximum Gasteiger partial charge on any atom is 0.142 e. The average Bonchev–Trinajstić information content (AvgIpc) is 2.37. The summed E-state index contributed by atoms with van der Waals surface area (Å²) in [5.41, 5.74) is 1.26. The third-order valence-corrected chi connectivity index (χ3v) is 3.56. The van der Waals surface area contributed by atoms with Crippen LogP contribution in [0.2, 0.25) is 15.2 Å². The van der Waals surface area contributed by atoms with Crippen molar-refractivity contribution in [2.75, 3.05) is 5.32 Å². The number of rotatable bonds is 3. The van der Waals surface area contributed by atoms with Gasteiger partial charge in [0.25, 0.3) is 0 Å². The first-order valence-electron chi connectivity index (χ1n) is 5.50. The van der Waals surface area contributed by atoms with Crippen LogP contribution in [0.5, 0.6) is 0 Å². The number of nitrogens with zero attached hydrogens (tertiary/aromatic N) is 1. The van der Waals surface area contributed by atoms with Crippen molar-refractivity contribution in [1.29, 1.82) is 0 Å². The average molecular weight is 320 g/mol. The topological polar surface area (TPSA) is 24.9 Å². The first-order valence-corrected chi connectivity index (χ1v) is 6.64. The summed E-state index contributed by atoms with van der Waals surface area (Å²) >= 11 is 17.7. The van der Waals surface area contributed by atoms with Crippen molar-refractivity contribution in [3.63, 3.8) is 0 Å². The van der Waals surface area contributed by atoms with Gasteiger partial charge in [0, 0.05) is 10.6 Å². The fourth-order valence-electron chi connectivity index (χ4n) is 1.72. The molecule has 1 unspecified atom stereocenters. The van der Waals surface area contributed by atoms with E-state index in [1.54, 1.807) is 18.3 Å². The number of benzene rings is 1. The summed E-state index contributed by atoms with van der Waals surface area (Å²) < 4.78 is 13.5. The molecule has 0 spiro atoms. The van der Waals surface area contributed by atoms with Crippen LogP contribution in [-0.4, -0.2) is 4.98 Å². The summed E-state index contributed by atoms with van der Waals surface area (Å²) in [6.45, 7) is 1.83. The molecule has 0 saturated heterocycles. The fraction of sp³-hybridized carbons (Fsp3) is 0.154. The highest BCUT2D eigenvalue weighted by Gasteiger charge is 2.17. The van der Waals surface area contributed by atoms with E-state index >= 15 is 0 Å². The predicted molar refractivity (Wildman–Crippen MR) is 77.7 cm³/mol. The summed E-state index contributed by atoms with van der Waals surface area (Å²) in [6.07, 6.45) is 1.58. The second kappa shape index (κ2) is 5.95. The van der Waals surface area contributed by atoms with Gasteiger partial charge >= 0.3 is 0 Å². The van der Waals surface area contributed by atoms with E-state index in [9.17, 15) is 4.39 Å². The Labute approximate surface area is 125 Å². The molecule has 0 fully saturated rings. The summed E-state index contributed by atoms with van der Waals surface area (Å²) in [6, 6.07) is 5.89. The van der Waals surface area contributed by atoms with Crippen molar-refractivity contribution < 1.29 is 4.39 Å². The van der Waals surface area contributed by atoms with Gasteiger partial charge in [-0.1, -0.05) is 34.8 Å². The Hall–Kier alpha value is -1.03. The van der Waals surface area contributed by atoms with Crippen molar-refractivity contribution >= 4 is 40.5 Å². The highest BCUT2D eigenvalue weighted by molar-refractivity contribution is 6.36. The highest BCUT2D eigenvalue weighted by Crippen LogP contribution is 2.33. The Morgan fingerprint density at radius 2 is 1.89 bits per heavy atom. The molecule has 0 bridgehead atoms. The zero-order valence-electron chi connectivity index (χ0n) is 9.92. The van der Waals surface area contributed by atoms with E-state index in [0.717, 1.165) is 5.69 Å². The molecule has 6 heteroatoms. The molecule has 2 rings (SSSR count). The van der Waals surface area contributed by atoms with Crippen LogP contribution >= 0.6 is 34.8 Å². The molecule has 1 N–H and O–H groups in total. The lowest BCUT2D eigenvalue weighted by Crippen LogP contribution is -2.08. The first kappa shape index (κ1) is 14.4. The molecular weight excluding hydrogens is 310 g/mol. The van der Waals surface area contributed by atoms with Gasteiger partial charge in [0.05, 0.1) is 22.9 Å². The van der Waals surface area contributed by atoms with E-state index in [4.69, 9.17) is 34.8 Å². The van der Waals surface area contributed by atoms with Crippen LogP contribution in [-0.2, 0) is 0 Å². The van der Waals surface area contributed by atoms with Crippen molar-refractivity contribution in [1.82, 2.24) is 4.98 Å². The van der Waals surface area contributed by atoms with E-state index in [2.05, 4.69) is 10.3 Å². The van der Waals surface area contributed by atoms with Gasteiger partial charge < -0.3 is 5.32 Å². The maximum atomic E-state index is 13.5. The molecule has 2 aromatic rings. The molecule has 0 saturated carbocycles. The SMILES string of the molecule is CC(Nc1ccc(Cl)nc1)c1c(Cl)ccc(F)c1Cl. The summed E-state index contributed by atoms with van der Waals surface area (Å²) in [4.78, 5) is 3.95. The van der Waals surface area contributed by atoms with E-state index in [-0.39, 0.29) is 11.1 Å². The van der Waals surface area contributed by atoms with Gasteiger partial charge in [0.2, 0.25) is 0 Å². The Morgan fingerprint density at radius 1 is 1.16 bits per heavy atom. The monoisotopic (exact) mass is 318 g/mol. The summed E-state index contributed by atoms with van der Waals surface area (Å²) in [5.74, 6) is -0.496. The molecule has 0 amide bonds. The minimum atomic E-state index is -0.496. The van der Waals surface area contributed by atoms with Crippen LogP contribution in [0.25, 0.3) is 0 Å². The predicted octanol–water partition coefficient (Wildman–Crippen LogP) is 5.35. The minimum Gasteiger partial charge on any atom is -0.377 e. The zero-order valence-corrected chi connectivity index (χ0v) is 12.2. The second-order valence-electron chi connectivity index (χ2n) is 3.99. The summed E-state index contributed by atoms with van der Waals surface area (Å²) in [5, 5.41) is 3.97. The van der Waals surface area contributed by atoms with Gasteiger partial charge in [0.15, 0.2) is 0 Å². The lowest BCUT2D eigenvalue weighted by atomic mass is 10.1.